The molecule has 24 heavy (non-hydrogen) atoms. The molecule has 0 aromatic heterocycles. The van der Waals surface area contributed by atoms with E-state index in [0.29, 0.717) is 12.5 Å². The number of methoxy groups -OCH3 is 1. The summed E-state index contributed by atoms with van der Waals surface area (Å²) in [5.74, 6) is 0.993. The van der Waals surface area contributed by atoms with Gasteiger partial charge in [-0.05, 0) is 42.0 Å². The van der Waals surface area contributed by atoms with Crippen molar-refractivity contribution >= 4 is 47.2 Å². The lowest BCUT2D eigenvalue weighted by Gasteiger charge is -2.07. The van der Waals surface area contributed by atoms with Crippen LogP contribution in [-0.2, 0) is 11.3 Å². The molecule has 6 nitrogen and oxygen atoms in total. The van der Waals surface area contributed by atoms with Crippen LogP contribution in [0.1, 0.15) is 12.5 Å². The van der Waals surface area contributed by atoms with Crippen LogP contribution >= 0.6 is 24.0 Å². The van der Waals surface area contributed by atoms with Crippen molar-refractivity contribution in [2.75, 3.05) is 17.7 Å². The molecule has 1 amide bonds. The van der Waals surface area contributed by atoms with Gasteiger partial charge in [-0.3, -0.25) is 4.79 Å². The van der Waals surface area contributed by atoms with Crippen molar-refractivity contribution < 1.29 is 9.53 Å². The Morgan fingerprint density at radius 2 is 1.83 bits per heavy atom. The Morgan fingerprint density at radius 1 is 1.12 bits per heavy atom. The Hall–Kier alpha value is -2.29. The third-order valence-corrected chi connectivity index (χ3v) is 3.04. The summed E-state index contributed by atoms with van der Waals surface area (Å²) in [6, 6.07) is 14.9. The fraction of sp³-hybridized carbons (Fsp3) is 0.176. The minimum Gasteiger partial charge on any atom is -0.497 e. The molecule has 0 saturated carbocycles. The summed E-state index contributed by atoms with van der Waals surface area (Å²) >= 11 is 0. The number of rotatable bonds is 5. The highest BCUT2D eigenvalue weighted by Gasteiger charge is 1.99. The van der Waals surface area contributed by atoms with Crippen molar-refractivity contribution in [3.05, 3.63) is 54.1 Å². The number of anilines is 2. The maximum atomic E-state index is 11.1. The number of aliphatic imine (C=N–C) groups is 1. The lowest BCUT2D eigenvalue weighted by Crippen LogP contribution is -2.22. The molecule has 2 rings (SSSR count). The first-order valence-electron chi connectivity index (χ1n) is 7.14. The number of amides is 1. The van der Waals surface area contributed by atoms with E-state index < -0.39 is 0 Å². The summed E-state index contributed by atoms with van der Waals surface area (Å²) in [4.78, 5) is 15.4. The maximum absolute atomic E-state index is 11.1. The van der Waals surface area contributed by atoms with Crippen molar-refractivity contribution in [2.45, 2.75) is 13.5 Å². The summed E-state index contributed by atoms with van der Waals surface area (Å²) in [5, 5.41) is 5.75. The maximum Gasteiger partial charge on any atom is 0.221 e. The van der Waals surface area contributed by atoms with Crippen LogP contribution in [0.4, 0.5) is 11.4 Å². The zero-order valence-corrected chi connectivity index (χ0v) is 15.9. The Labute approximate surface area is 158 Å². The smallest absolute Gasteiger partial charge is 0.221 e. The first-order valence-corrected chi connectivity index (χ1v) is 7.14. The number of halogens is 1. The molecule has 128 valence electrons. The second-order valence-electron chi connectivity index (χ2n) is 4.94. The fourth-order valence-electron chi connectivity index (χ4n) is 1.99. The standard InChI is InChI=1S/C17H20N4O2.HI/c1-12(22)20-15-5-3-4-13(10-15)11-19-17(18)21-14-6-8-16(23-2)9-7-14;/h3-10H,11H2,1-2H3,(H,20,22)(H3,18,19,21);1H. The molecule has 7 heteroatoms. The molecular formula is C17H21IN4O2. The molecule has 0 atom stereocenters. The molecule has 2 aromatic rings. The Bertz CT molecular complexity index is 702. The highest BCUT2D eigenvalue weighted by Crippen LogP contribution is 2.15. The van der Waals surface area contributed by atoms with Crippen LogP contribution in [0, 0.1) is 0 Å². The lowest BCUT2D eigenvalue weighted by atomic mass is 10.2. The monoisotopic (exact) mass is 440 g/mol. The number of carbonyl (C=O) groups is 1. The number of ether oxygens (including phenoxy) is 1. The number of nitrogens with zero attached hydrogens (tertiary/aromatic N) is 1. The van der Waals surface area contributed by atoms with Crippen molar-refractivity contribution in [3.63, 3.8) is 0 Å². The van der Waals surface area contributed by atoms with Gasteiger partial charge in [0.25, 0.3) is 0 Å². The highest BCUT2D eigenvalue weighted by atomic mass is 127. The van der Waals surface area contributed by atoms with Crippen LogP contribution in [0.2, 0.25) is 0 Å². The third kappa shape index (κ3) is 6.45. The van der Waals surface area contributed by atoms with Crippen LogP contribution in [0.5, 0.6) is 5.75 Å². The van der Waals surface area contributed by atoms with Gasteiger partial charge in [0.1, 0.15) is 5.75 Å². The van der Waals surface area contributed by atoms with Crippen molar-refractivity contribution in [2.24, 2.45) is 10.7 Å². The molecule has 0 bridgehead atoms. The van der Waals surface area contributed by atoms with E-state index in [-0.39, 0.29) is 29.9 Å². The molecule has 0 unspecified atom stereocenters. The second kappa shape index (κ2) is 9.76. The molecular weight excluding hydrogens is 419 g/mol. The highest BCUT2D eigenvalue weighted by molar-refractivity contribution is 14.0. The minimum absolute atomic E-state index is 0. The lowest BCUT2D eigenvalue weighted by molar-refractivity contribution is -0.114. The zero-order valence-electron chi connectivity index (χ0n) is 13.6. The summed E-state index contributed by atoms with van der Waals surface area (Å²) in [7, 11) is 1.62. The second-order valence-corrected chi connectivity index (χ2v) is 4.94. The Balaban J connectivity index is 0.00000288. The average molecular weight is 440 g/mol. The molecule has 0 aliphatic rings. The van der Waals surface area contributed by atoms with Crippen molar-refractivity contribution in [3.8, 4) is 5.75 Å². The van der Waals surface area contributed by atoms with Crippen LogP contribution in [-0.4, -0.2) is 19.0 Å². The van der Waals surface area contributed by atoms with Crippen LogP contribution in [0.15, 0.2) is 53.5 Å². The van der Waals surface area contributed by atoms with E-state index in [4.69, 9.17) is 10.5 Å². The molecule has 0 saturated heterocycles. The predicted molar refractivity (Wildman–Crippen MR) is 108 cm³/mol. The molecule has 0 radical (unpaired) electrons. The van der Waals surface area contributed by atoms with E-state index in [1.165, 1.54) is 6.92 Å². The van der Waals surface area contributed by atoms with E-state index in [0.717, 1.165) is 22.7 Å². The van der Waals surface area contributed by atoms with Gasteiger partial charge in [0, 0.05) is 18.3 Å². The van der Waals surface area contributed by atoms with Crippen molar-refractivity contribution in [1.29, 1.82) is 0 Å². The summed E-state index contributed by atoms with van der Waals surface area (Å²) in [6.45, 7) is 1.89. The van der Waals surface area contributed by atoms with Gasteiger partial charge in [-0.2, -0.15) is 0 Å². The Morgan fingerprint density at radius 3 is 2.46 bits per heavy atom. The summed E-state index contributed by atoms with van der Waals surface area (Å²) < 4.78 is 5.10. The van der Waals surface area contributed by atoms with Gasteiger partial charge in [-0.1, -0.05) is 12.1 Å². The number of hydrogen-bond donors (Lipinski definition) is 3. The van der Waals surface area contributed by atoms with Gasteiger partial charge in [-0.25, -0.2) is 4.99 Å². The van der Waals surface area contributed by atoms with Crippen LogP contribution < -0.4 is 21.1 Å². The normalized spacial score (nSPS) is 10.5. The molecule has 0 aliphatic heterocycles. The van der Waals surface area contributed by atoms with Gasteiger partial charge >= 0.3 is 0 Å². The first-order chi connectivity index (χ1) is 11.1. The number of nitrogens with two attached hydrogens (primary N) is 1. The number of nitrogens with one attached hydrogen (secondary N) is 2. The quantitative estimate of drug-likeness (QED) is 0.379. The molecule has 0 fully saturated rings. The zero-order chi connectivity index (χ0) is 16.7. The number of carbonyl (C=O) groups excluding carboxylic acids is 1. The van der Waals surface area contributed by atoms with Crippen LogP contribution in [0.3, 0.4) is 0 Å². The van der Waals surface area contributed by atoms with Gasteiger partial charge in [0.05, 0.1) is 13.7 Å². The summed E-state index contributed by atoms with van der Waals surface area (Å²) in [6.07, 6.45) is 0. The predicted octanol–water partition coefficient (Wildman–Crippen LogP) is 3.20. The molecule has 0 heterocycles. The number of hydrogen-bond acceptors (Lipinski definition) is 3. The molecule has 0 aliphatic carbocycles. The third-order valence-electron chi connectivity index (χ3n) is 3.04. The van der Waals surface area contributed by atoms with E-state index in [1.807, 2.05) is 48.5 Å². The van der Waals surface area contributed by atoms with E-state index >= 15 is 0 Å². The largest absolute Gasteiger partial charge is 0.497 e. The van der Waals surface area contributed by atoms with Gasteiger partial charge in [0.2, 0.25) is 5.91 Å². The number of guanidine groups is 1. The van der Waals surface area contributed by atoms with E-state index in [1.54, 1.807) is 7.11 Å². The van der Waals surface area contributed by atoms with Gasteiger partial charge < -0.3 is 21.1 Å². The summed E-state index contributed by atoms with van der Waals surface area (Å²) in [5.41, 5.74) is 8.41. The number of benzene rings is 2. The SMILES string of the molecule is COc1ccc(NC(N)=NCc2cccc(NC(C)=O)c2)cc1.I. The van der Waals surface area contributed by atoms with E-state index in [9.17, 15) is 4.79 Å². The molecule has 4 N–H and O–H groups in total. The first kappa shape index (κ1) is 19.8. The molecule has 2 aromatic carbocycles. The van der Waals surface area contributed by atoms with Crippen molar-refractivity contribution in [1.82, 2.24) is 0 Å². The topological polar surface area (TPSA) is 88.7 Å². The fourth-order valence-corrected chi connectivity index (χ4v) is 1.99. The average Bonchev–Trinajstić information content (AvgIpc) is 2.53. The van der Waals surface area contributed by atoms with Crippen LogP contribution in [0.25, 0.3) is 0 Å². The minimum atomic E-state index is -0.105. The van der Waals surface area contributed by atoms with Gasteiger partial charge in [-0.15, -0.1) is 24.0 Å². The Kier molecular flexibility index (Phi) is 8.03. The van der Waals surface area contributed by atoms with Gasteiger partial charge in [0.15, 0.2) is 5.96 Å². The van der Waals surface area contributed by atoms with E-state index in [2.05, 4.69) is 15.6 Å². The molecule has 0 spiro atoms.